The summed E-state index contributed by atoms with van der Waals surface area (Å²) in [5, 5.41) is 7.40. The predicted molar refractivity (Wildman–Crippen MR) is 113 cm³/mol. The van der Waals surface area contributed by atoms with Crippen LogP contribution in [0.15, 0.2) is 43.0 Å². The highest BCUT2D eigenvalue weighted by Crippen LogP contribution is 2.26. The molecular weight excluding hydrogens is 364 g/mol. The zero-order valence-electron chi connectivity index (χ0n) is 17.1. The Balaban J connectivity index is 1.49. The second kappa shape index (κ2) is 8.03. The number of nitrogens with zero attached hydrogens (tertiary/aromatic N) is 5. The second-order valence-electron chi connectivity index (χ2n) is 7.73. The molecule has 2 aromatic heterocycles. The lowest BCUT2D eigenvalue weighted by Crippen LogP contribution is -2.41. The van der Waals surface area contributed by atoms with Crippen LogP contribution in [0.25, 0.3) is 5.82 Å². The van der Waals surface area contributed by atoms with Gasteiger partial charge in [0.25, 0.3) is 0 Å². The van der Waals surface area contributed by atoms with E-state index in [1.165, 1.54) is 5.56 Å². The van der Waals surface area contributed by atoms with E-state index in [1.807, 2.05) is 32.2 Å². The first kappa shape index (κ1) is 19.1. The predicted octanol–water partition coefficient (Wildman–Crippen LogP) is 3.44. The fraction of sp³-hybridized carbons (Fsp3) is 0.364. The first-order valence-electron chi connectivity index (χ1n) is 9.97. The number of amides is 1. The monoisotopic (exact) mass is 390 g/mol. The summed E-state index contributed by atoms with van der Waals surface area (Å²) >= 11 is 0. The zero-order chi connectivity index (χ0) is 20.4. The number of carbonyl (C=O) groups excluding carboxylic acids is 1. The normalized spacial score (nSPS) is 16.7. The summed E-state index contributed by atoms with van der Waals surface area (Å²) in [5.41, 5.74) is 4.34. The van der Waals surface area contributed by atoms with Crippen LogP contribution in [0.2, 0.25) is 0 Å². The van der Waals surface area contributed by atoms with Crippen molar-refractivity contribution in [3.8, 4) is 5.82 Å². The van der Waals surface area contributed by atoms with Gasteiger partial charge < -0.3 is 10.2 Å². The molecule has 4 rings (SSSR count). The van der Waals surface area contributed by atoms with Crippen LogP contribution in [0.1, 0.15) is 29.5 Å². The Bertz CT molecular complexity index is 991. The topological polar surface area (TPSA) is 75.9 Å². The van der Waals surface area contributed by atoms with Gasteiger partial charge in [-0.2, -0.15) is 5.10 Å². The van der Waals surface area contributed by atoms with Gasteiger partial charge in [0.05, 0.1) is 5.92 Å². The van der Waals surface area contributed by atoms with Gasteiger partial charge in [-0.05, 0) is 50.8 Å². The van der Waals surface area contributed by atoms with Crippen molar-refractivity contribution < 1.29 is 4.79 Å². The summed E-state index contributed by atoms with van der Waals surface area (Å²) in [5.74, 6) is 1.54. The molecule has 1 amide bonds. The number of nitrogens with one attached hydrogen (secondary N) is 1. The van der Waals surface area contributed by atoms with Crippen LogP contribution in [0.4, 0.5) is 11.5 Å². The van der Waals surface area contributed by atoms with Crippen LogP contribution < -0.4 is 10.2 Å². The van der Waals surface area contributed by atoms with E-state index in [1.54, 1.807) is 17.2 Å². The molecular formula is C22H26N6O. The van der Waals surface area contributed by atoms with Crippen molar-refractivity contribution in [3.63, 3.8) is 0 Å². The molecule has 0 bridgehead atoms. The molecule has 0 aliphatic carbocycles. The summed E-state index contributed by atoms with van der Waals surface area (Å²) in [6.07, 6.45) is 6.95. The Hall–Kier alpha value is -3.22. The van der Waals surface area contributed by atoms with Gasteiger partial charge in [-0.25, -0.2) is 14.6 Å². The summed E-state index contributed by atoms with van der Waals surface area (Å²) in [6, 6.07) is 7.99. The summed E-state index contributed by atoms with van der Waals surface area (Å²) < 4.78 is 1.71. The maximum Gasteiger partial charge on any atom is 0.229 e. The van der Waals surface area contributed by atoms with Gasteiger partial charge in [0.15, 0.2) is 5.82 Å². The first-order valence-corrected chi connectivity index (χ1v) is 9.97. The van der Waals surface area contributed by atoms with E-state index in [2.05, 4.69) is 44.3 Å². The van der Waals surface area contributed by atoms with Crippen molar-refractivity contribution in [2.45, 2.75) is 33.6 Å². The average molecular weight is 390 g/mol. The summed E-state index contributed by atoms with van der Waals surface area (Å²) in [4.78, 5) is 23.9. The molecule has 1 saturated heterocycles. The fourth-order valence-corrected chi connectivity index (χ4v) is 4.04. The van der Waals surface area contributed by atoms with Crippen LogP contribution in [-0.4, -0.2) is 38.7 Å². The highest BCUT2D eigenvalue weighted by Gasteiger charge is 2.27. The van der Waals surface area contributed by atoms with E-state index in [-0.39, 0.29) is 11.8 Å². The number of aryl methyl sites for hydroxylation is 3. The number of carbonyl (C=O) groups is 1. The largest absolute Gasteiger partial charge is 0.356 e. The van der Waals surface area contributed by atoms with Crippen molar-refractivity contribution >= 4 is 17.4 Å². The molecule has 1 fully saturated rings. The Morgan fingerprint density at radius 3 is 2.59 bits per heavy atom. The minimum Gasteiger partial charge on any atom is -0.356 e. The molecule has 29 heavy (non-hydrogen) atoms. The van der Waals surface area contributed by atoms with E-state index in [4.69, 9.17) is 0 Å². The van der Waals surface area contributed by atoms with E-state index < -0.39 is 0 Å². The molecule has 3 aromatic rings. The van der Waals surface area contributed by atoms with Crippen LogP contribution in [-0.2, 0) is 4.79 Å². The second-order valence-corrected chi connectivity index (χ2v) is 7.73. The Morgan fingerprint density at radius 1 is 1.10 bits per heavy atom. The molecule has 1 aliphatic heterocycles. The maximum absolute atomic E-state index is 13.0. The van der Waals surface area contributed by atoms with Crippen molar-refractivity contribution in [3.05, 3.63) is 59.7 Å². The molecule has 3 heterocycles. The van der Waals surface area contributed by atoms with E-state index in [0.717, 1.165) is 47.8 Å². The van der Waals surface area contributed by atoms with Gasteiger partial charge in [-0.1, -0.05) is 17.7 Å². The third-order valence-electron chi connectivity index (χ3n) is 5.42. The molecule has 150 valence electrons. The number of hydrogen-bond donors (Lipinski definition) is 1. The number of benzene rings is 1. The van der Waals surface area contributed by atoms with Gasteiger partial charge in [-0.3, -0.25) is 4.79 Å². The number of rotatable bonds is 4. The van der Waals surface area contributed by atoms with Crippen LogP contribution in [0.3, 0.4) is 0 Å². The molecule has 1 aromatic carbocycles. The van der Waals surface area contributed by atoms with Gasteiger partial charge in [0.2, 0.25) is 5.91 Å². The smallest absolute Gasteiger partial charge is 0.229 e. The third-order valence-corrected chi connectivity index (χ3v) is 5.42. The number of piperidine rings is 1. The van der Waals surface area contributed by atoms with Crippen LogP contribution >= 0.6 is 0 Å². The lowest BCUT2D eigenvalue weighted by molar-refractivity contribution is -0.120. The van der Waals surface area contributed by atoms with E-state index >= 15 is 0 Å². The fourth-order valence-electron chi connectivity index (χ4n) is 4.04. The van der Waals surface area contributed by atoms with Crippen molar-refractivity contribution in [2.24, 2.45) is 5.92 Å². The van der Waals surface area contributed by atoms with Crippen molar-refractivity contribution in [2.75, 3.05) is 23.3 Å². The molecule has 0 spiro atoms. The minimum atomic E-state index is -0.0769. The SMILES string of the molecule is Cc1cc(C)c(NC(=O)C2CCCN(c3cc(-n4cccn4)ncn3)C2)c(C)c1. The lowest BCUT2D eigenvalue weighted by atomic mass is 9.96. The average Bonchev–Trinajstić information content (AvgIpc) is 3.26. The summed E-state index contributed by atoms with van der Waals surface area (Å²) in [6.45, 7) is 7.68. The lowest BCUT2D eigenvalue weighted by Gasteiger charge is -2.33. The Morgan fingerprint density at radius 2 is 1.86 bits per heavy atom. The molecule has 1 aliphatic rings. The van der Waals surface area contributed by atoms with Crippen LogP contribution in [0.5, 0.6) is 0 Å². The van der Waals surface area contributed by atoms with Gasteiger partial charge >= 0.3 is 0 Å². The quantitative estimate of drug-likeness (QED) is 0.738. The van der Waals surface area contributed by atoms with Crippen molar-refractivity contribution in [1.29, 1.82) is 0 Å². The molecule has 1 unspecified atom stereocenters. The number of aromatic nitrogens is 4. The number of hydrogen-bond acceptors (Lipinski definition) is 5. The summed E-state index contributed by atoms with van der Waals surface area (Å²) in [7, 11) is 0. The van der Waals surface area contributed by atoms with Gasteiger partial charge in [-0.15, -0.1) is 0 Å². The zero-order valence-corrected chi connectivity index (χ0v) is 17.1. The standard InChI is InChI=1S/C22H26N6O/c1-15-10-16(2)21(17(3)11-15)26-22(29)18-6-4-8-27(13-18)19-12-20(24-14-23-19)28-9-5-7-25-28/h5,7,9-12,14,18H,4,6,8,13H2,1-3H3,(H,26,29). The first-order chi connectivity index (χ1) is 14.0. The van der Waals surface area contributed by atoms with Crippen molar-refractivity contribution in [1.82, 2.24) is 19.7 Å². The highest BCUT2D eigenvalue weighted by molar-refractivity contribution is 5.94. The molecule has 0 saturated carbocycles. The maximum atomic E-state index is 13.0. The molecule has 0 radical (unpaired) electrons. The Labute approximate surface area is 170 Å². The molecule has 7 heteroatoms. The third kappa shape index (κ3) is 4.13. The Kier molecular flexibility index (Phi) is 5.29. The molecule has 1 atom stereocenters. The van der Waals surface area contributed by atoms with Gasteiger partial charge in [0.1, 0.15) is 12.1 Å². The number of anilines is 2. The minimum absolute atomic E-state index is 0.0751. The van der Waals surface area contributed by atoms with E-state index in [0.29, 0.717) is 6.54 Å². The molecule has 7 nitrogen and oxygen atoms in total. The van der Waals surface area contributed by atoms with E-state index in [9.17, 15) is 4.79 Å². The van der Waals surface area contributed by atoms with Crippen LogP contribution in [0, 0.1) is 26.7 Å². The molecule has 1 N–H and O–H groups in total. The van der Waals surface area contributed by atoms with Gasteiger partial charge in [0, 0.05) is 37.2 Å². The highest BCUT2D eigenvalue weighted by atomic mass is 16.1.